The Morgan fingerprint density at radius 3 is 2.79 bits per heavy atom. The van der Waals surface area contributed by atoms with Crippen LogP contribution in [0, 0.1) is 0 Å². The van der Waals surface area contributed by atoms with Gasteiger partial charge in [-0.1, -0.05) is 24.3 Å². The van der Waals surface area contributed by atoms with E-state index in [0.717, 1.165) is 11.1 Å². The quantitative estimate of drug-likeness (QED) is 0.738. The average molecular weight is 280 g/mol. The van der Waals surface area contributed by atoms with Gasteiger partial charge >= 0.3 is 0 Å². The summed E-state index contributed by atoms with van der Waals surface area (Å²) in [6, 6.07) is 7.49. The highest BCUT2D eigenvalue weighted by Crippen LogP contribution is 2.12. The van der Waals surface area contributed by atoms with Crippen molar-refractivity contribution in [3.05, 3.63) is 47.8 Å². The third-order valence-electron chi connectivity index (χ3n) is 2.50. The molecule has 1 aromatic heterocycles. The predicted molar refractivity (Wildman–Crippen MR) is 74.0 cm³/mol. The molecular weight excluding hydrogens is 264 g/mol. The van der Waals surface area contributed by atoms with Crippen LogP contribution in [0.25, 0.3) is 0 Å². The van der Waals surface area contributed by atoms with E-state index in [1.54, 1.807) is 6.07 Å². The molecule has 0 aliphatic carbocycles. The Hall–Kier alpha value is -1.86. The third-order valence-corrected chi connectivity index (χ3v) is 3.76. The van der Waals surface area contributed by atoms with Crippen LogP contribution in [-0.4, -0.2) is 25.7 Å². The molecule has 1 aromatic carbocycles. The first-order valence-corrected chi connectivity index (χ1v) is 7.46. The summed E-state index contributed by atoms with van der Waals surface area (Å²) >= 11 is 0. The maximum Gasteiger partial charge on any atom is 0.237 e. The number of rotatable bonds is 6. The van der Waals surface area contributed by atoms with E-state index in [1.165, 1.54) is 12.4 Å². The van der Waals surface area contributed by atoms with E-state index in [2.05, 4.69) is 20.2 Å². The van der Waals surface area contributed by atoms with Crippen LogP contribution in [-0.2, 0) is 22.3 Å². The second kappa shape index (κ2) is 5.85. The first kappa shape index (κ1) is 13.6. The topological polar surface area (TPSA) is 86.9 Å². The summed E-state index contributed by atoms with van der Waals surface area (Å²) in [4.78, 5) is 0. The standard InChI is InChI=1S/C12H16N4O2S/c1-13-6-10-3-2-4-11(5-10)9-19(17,18)16-12-7-14-15-8-12/h2-5,7-8,13,16H,6,9H2,1H3,(H,14,15). The van der Waals surface area contributed by atoms with E-state index < -0.39 is 10.0 Å². The van der Waals surface area contributed by atoms with Crippen LogP contribution >= 0.6 is 0 Å². The zero-order valence-electron chi connectivity index (χ0n) is 10.6. The summed E-state index contributed by atoms with van der Waals surface area (Å²) in [7, 11) is -1.57. The molecule has 0 saturated carbocycles. The van der Waals surface area contributed by atoms with Crippen LogP contribution in [0.15, 0.2) is 36.7 Å². The largest absolute Gasteiger partial charge is 0.316 e. The Labute approximate surface area is 112 Å². The molecule has 0 fully saturated rings. The highest BCUT2D eigenvalue weighted by Gasteiger charge is 2.12. The van der Waals surface area contributed by atoms with Gasteiger partial charge in [-0.25, -0.2) is 8.42 Å². The summed E-state index contributed by atoms with van der Waals surface area (Å²) in [5.74, 6) is -0.0598. The number of benzene rings is 1. The zero-order chi connectivity index (χ0) is 13.7. The molecule has 7 heteroatoms. The highest BCUT2D eigenvalue weighted by atomic mass is 32.2. The molecule has 2 aromatic rings. The van der Waals surface area contributed by atoms with Gasteiger partial charge in [-0.15, -0.1) is 0 Å². The van der Waals surface area contributed by atoms with Gasteiger partial charge in [0.15, 0.2) is 0 Å². The van der Waals surface area contributed by atoms with Crippen LogP contribution in [0.2, 0.25) is 0 Å². The maximum atomic E-state index is 12.0. The molecule has 6 nitrogen and oxygen atoms in total. The Balaban J connectivity index is 2.09. The fourth-order valence-electron chi connectivity index (χ4n) is 1.78. The van der Waals surface area contributed by atoms with E-state index in [-0.39, 0.29) is 5.75 Å². The number of H-pyrrole nitrogens is 1. The minimum absolute atomic E-state index is 0.0598. The first-order valence-electron chi connectivity index (χ1n) is 5.81. The van der Waals surface area contributed by atoms with Gasteiger partial charge in [0.25, 0.3) is 0 Å². The molecule has 0 unspecified atom stereocenters. The smallest absolute Gasteiger partial charge is 0.237 e. The van der Waals surface area contributed by atoms with Gasteiger partial charge in [0.2, 0.25) is 10.0 Å². The number of aromatic amines is 1. The van der Waals surface area contributed by atoms with E-state index in [1.807, 2.05) is 25.2 Å². The monoisotopic (exact) mass is 280 g/mol. The molecule has 0 bridgehead atoms. The lowest BCUT2D eigenvalue weighted by Gasteiger charge is -2.07. The van der Waals surface area contributed by atoms with Crippen molar-refractivity contribution in [1.29, 1.82) is 0 Å². The van der Waals surface area contributed by atoms with Gasteiger partial charge in [-0.3, -0.25) is 9.82 Å². The Morgan fingerprint density at radius 2 is 2.11 bits per heavy atom. The molecule has 0 radical (unpaired) electrons. The zero-order valence-corrected chi connectivity index (χ0v) is 11.4. The minimum Gasteiger partial charge on any atom is -0.316 e. The van der Waals surface area contributed by atoms with Crippen molar-refractivity contribution in [3.63, 3.8) is 0 Å². The van der Waals surface area contributed by atoms with Gasteiger partial charge in [0.1, 0.15) is 0 Å². The number of nitrogens with zero attached hydrogens (tertiary/aromatic N) is 1. The molecule has 0 amide bonds. The van der Waals surface area contributed by atoms with Gasteiger partial charge in [0.05, 0.1) is 17.6 Å². The molecule has 0 aliphatic heterocycles. The number of hydrogen-bond donors (Lipinski definition) is 3. The molecule has 3 N–H and O–H groups in total. The summed E-state index contributed by atoms with van der Waals surface area (Å²) in [6.07, 6.45) is 2.92. The molecular formula is C12H16N4O2S. The average Bonchev–Trinajstić information content (AvgIpc) is 2.81. The fourth-order valence-corrected chi connectivity index (χ4v) is 2.94. The molecule has 0 aliphatic rings. The fraction of sp³-hybridized carbons (Fsp3) is 0.250. The van der Waals surface area contributed by atoms with Gasteiger partial charge < -0.3 is 5.32 Å². The second-order valence-corrected chi connectivity index (χ2v) is 5.92. The third kappa shape index (κ3) is 4.08. The maximum absolute atomic E-state index is 12.0. The van der Waals surface area contributed by atoms with Crippen molar-refractivity contribution in [3.8, 4) is 0 Å². The van der Waals surface area contributed by atoms with Gasteiger partial charge in [-0.2, -0.15) is 5.10 Å². The number of aromatic nitrogens is 2. The molecule has 0 spiro atoms. The van der Waals surface area contributed by atoms with Crippen molar-refractivity contribution in [2.75, 3.05) is 11.8 Å². The predicted octanol–water partition coefficient (Wildman–Crippen LogP) is 1.07. The molecule has 19 heavy (non-hydrogen) atoms. The molecule has 102 valence electrons. The normalized spacial score (nSPS) is 11.4. The lowest BCUT2D eigenvalue weighted by molar-refractivity contribution is 0.600. The number of sulfonamides is 1. The summed E-state index contributed by atoms with van der Waals surface area (Å²) in [5.41, 5.74) is 2.24. The Kier molecular flexibility index (Phi) is 4.18. The summed E-state index contributed by atoms with van der Waals surface area (Å²) < 4.78 is 26.4. The van der Waals surface area contributed by atoms with Gasteiger partial charge in [-0.05, 0) is 18.2 Å². The number of hydrogen-bond acceptors (Lipinski definition) is 4. The van der Waals surface area contributed by atoms with Crippen molar-refractivity contribution in [2.24, 2.45) is 0 Å². The molecule has 0 atom stereocenters. The number of anilines is 1. The van der Waals surface area contributed by atoms with Gasteiger partial charge in [0, 0.05) is 12.7 Å². The SMILES string of the molecule is CNCc1cccc(CS(=O)(=O)Nc2cn[nH]c2)c1. The second-order valence-electron chi connectivity index (χ2n) is 4.20. The molecule has 0 saturated heterocycles. The van der Waals surface area contributed by atoms with Crippen molar-refractivity contribution in [1.82, 2.24) is 15.5 Å². The molecule has 1 heterocycles. The van der Waals surface area contributed by atoms with E-state index >= 15 is 0 Å². The lowest BCUT2D eigenvalue weighted by Crippen LogP contribution is -2.15. The minimum atomic E-state index is -3.42. The summed E-state index contributed by atoms with van der Waals surface area (Å²) in [5, 5.41) is 9.28. The van der Waals surface area contributed by atoms with Crippen molar-refractivity contribution >= 4 is 15.7 Å². The number of nitrogens with one attached hydrogen (secondary N) is 3. The van der Waals surface area contributed by atoms with Crippen LogP contribution in [0.4, 0.5) is 5.69 Å². The Bertz CT molecular complexity index is 623. The van der Waals surface area contributed by atoms with E-state index in [9.17, 15) is 8.42 Å². The van der Waals surface area contributed by atoms with Crippen LogP contribution in [0.3, 0.4) is 0 Å². The highest BCUT2D eigenvalue weighted by molar-refractivity contribution is 7.91. The first-order chi connectivity index (χ1) is 9.09. The van der Waals surface area contributed by atoms with Crippen molar-refractivity contribution in [2.45, 2.75) is 12.3 Å². The van der Waals surface area contributed by atoms with E-state index in [0.29, 0.717) is 12.2 Å². The van der Waals surface area contributed by atoms with Crippen LogP contribution < -0.4 is 10.0 Å². The van der Waals surface area contributed by atoms with Crippen LogP contribution in [0.5, 0.6) is 0 Å². The Morgan fingerprint density at radius 1 is 1.32 bits per heavy atom. The lowest BCUT2D eigenvalue weighted by atomic mass is 10.1. The molecule has 2 rings (SSSR count). The summed E-state index contributed by atoms with van der Waals surface area (Å²) in [6.45, 7) is 0.711. The van der Waals surface area contributed by atoms with E-state index in [4.69, 9.17) is 0 Å². The van der Waals surface area contributed by atoms with Crippen LogP contribution in [0.1, 0.15) is 11.1 Å². The van der Waals surface area contributed by atoms with Crippen molar-refractivity contribution < 1.29 is 8.42 Å².